The monoisotopic (exact) mass is 325 g/mol. The highest BCUT2D eigenvalue weighted by atomic mass is 19.1. The number of para-hydroxylation sites is 2. The van der Waals surface area contributed by atoms with Crippen molar-refractivity contribution in [1.82, 2.24) is 14.9 Å². The molecule has 4 nitrogen and oxygen atoms in total. The van der Waals surface area contributed by atoms with Gasteiger partial charge in [-0.15, -0.1) is 0 Å². The van der Waals surface area contributed by atoms with Crippen LogP contribution in [0.1, 0.15) is 18.0 Å². The molecule has 2 atom stereocenters. The first-order valence-electron chi connectivity index (χ1n) is 8.29. The summed E-state index contributed by atoms with van der Waals surface area (Å²) in [5.41, 5.74) is 3.16. The Balaban J connectivity index is 1.62. The van der Waals surface area contributed by atoms with Gasteiger partial charge in [0.2, 0.25) is 0 Å². The Hall–Kier alpha value is -2.24. The van der Waals surface area contributed by atoms with Crippen LogP contribution < -0.4 is 5.32 Å². The molecule has 1 N–H and O–H groups in total. The van der Waals surface area contributed by atoms with Crippen molar-refractivity contribution in [2.75, 3.05) is 13.2 Å². The zero-order valence-electron chi connectivity index (χ0n) is 13.4. The number of nitrogens with zero attached hydrogens (tertiary/aromatic N) is 2. The van der Waals surface area contributed by atoms with Gasteiger partial charge in [-0.25, -0.2) is 9.37 Å². The molecule has 0 amide bonds. The number of halogens is 1. The second-order valence-corrected chi connectivity index (χ2v) is 6.22. The van der Waals surface area contributed by atoms with Crippen LogP contribution in [-0.2, 0) is 11.3 Å². The molecule has 4 rings (SSSR count). The summed E-state index contributed by atoms with van der Waals surface area (Å²) in [6.07, 6.45) is 2.87. The second-order valence-electron chi connectivity index (χ2n) is 6.22. The standard InChI is InChI=1S/C19H20FN3O/c20-15-7-5-14(6-8-15)18(22-16-9-10-24-12-16)11-23-13-21-17-3-1-2-4-19(17)23/h1-8,13,16,18,22H,9-12H2/t16-,18+/m1/s1. The van der Waals surface area contributed by atoms with E-state index in [1.165, 1.54) is 12.1 Å². The molecule has 124 valence electrons. The molecule has 2 heterocycles. The van der Waals surface area contributed by atoms with E-state index in [9.17, 15) is 4.39 Å². The van der Waals surface area contributed by atoms with E-state index in [0.29, 0.717) is 6.04 Å². The average Bonchev–Trinajstić information content (AvgIpc) is 3.25. The molecule has 0 unspecified atom stereocenters. The molecule has 5 heteroatoms. The summed E-state index contributed by atoms with van der Waals surface area (Å²) in [5.74, 6) is -0.213. The number of rotatable bonds is 5. The smallest absolute Gasteiger partial charge is 0.123 e. The summed E-state index contributed by atoms with van der Waals surface area (Å²) < 4.78 is 20.9. The van der Waals surface area contributed by atoms with E-state index in [2.05, 4.69) is 20.9 Å². The Labute approximate surface area is 140 Å². The molecule has 0 aliphatic carbocycles. The summed E-state index contributed by atoms with van der Waals surface area (Å²) in [7, 11) is 0. The molecular weight excluding hydrogens is 305 g/mol. The number of nitrogens with one attached hydrogen (secondary N) is 1. The fourth-order valence-electron chi connectivity index (χ4n) is 3.25. The van der Waals surface area contributed by atoms with E-state index in [1.807, 2.05) is 36.7 Å². The van der Waals surface area contributed by atoms with Gasteiger partial charge in [0.15, 0.2) is 0 Å². The van der Waals surface area contributed by atoms with Crippen molar-refractivity contribution in [3.63, 3.8) is 0 Å². The van der Waals surface area contributed by atoms with E-state index in [-0.39, 0.29) is 11.9 Å². The number of aromatic nitrogens is 2. The second kappa shape index (κ2) is 6.71. The highest BCUT2D eigenvalue weighted by Crippen LogP contribution is 2.21. The Bertz CT molecular complexity index is 809. The van der Waals surface area contributed by atoms with Crippen molar-refractivity contribution in [2.24, 2.45) is 0 Å². The molecule has 0 radical (unpaired) electrons. The van der Waals surface area contributed by atoms with Gasteiger partial charge in [-0.3, -0.25) is 0 Å². The lowest BCUT2D eigenvalue weighted by molar-refractivity contribution is 0.187. The maximum absolute atomic E-state index is 13.3. The van der Waals surface area contributed by atoms with Crippen LogP contribution in [0.25, 0.3) is 11.0 Å². The molecule has 1 fully saturated rings. The van der Waals surface area contributed by atoms with Crippen molar-refractivity contribution in [2.45, 2.75) is 25.0 Å². The number of hydrogen-bond acceptors (Lipinski definition) is 3. The fraction of sp³-hybridized carbons (Fsp3) is 0.316. The van der Waals surface area contributed by atoms with Gasteiger partial charge in [0.1, 0.15) is 5.82 Å². The van der Waals surface area contributed by atoms with Crippen molar-refractivity contribution in [1.29, 1.82) is 0 Å². The highest BCUT2D eigenvalue weighted by Gasteiger charge is 2.21. The maximum atomic E-state index is 13.3. The van der Waals surface area contributed by atoms with Gasteiger partial charge in [-0.05, 0) is 36.2 Å². The lowest BCUT2D eigenvalue weighted by Crippen LogP contribution is -2.35. The van der Waals surface area contributed by atoms with E-state index in [0.717, 1.165) is 42.8 Å². The van der Waals surface area contributed by atoms with Gasteiger partial charge >= 0.3 is 0 Å². The van der Waals surface area contributed by atoms with Crippen LogP contribution in [0.3, 0.4) is 0 Å². The molecule has 0 saturated carbocycles. The molecule has 1 aromatic heterocycles. The molecule has 1 aliphatic rings. The lowest BCUT2D eigenvalue weighted by atomic mass is 10.0. The SMILES string of the molecule is Fc1ccc([C@H](Cn2cnc3ccccc32)N[C@@H]2CCOC2)cc1. The average molecular weight is 325 g/mol. The summed E-state index contributed by atoms with van der Waals surface area (Å²) in [4.78, 5) is 4.46. The number of hydrogen-bond donors (Lipinski definition) is 1. The van der Waals surface area contributed by atoms with Crippen molar-refractivity contribution < 1.29 is 9.13 Å². The van der Waals surface area contributed by atoms with Gasteiger partial charge in [0.05, 0.1) is 30.0 Å². The molecule has 2 aromatic carbocycles. The molecular formula is C19H20FN3O. The molecule has 24 heavy (non-hydrogen) atoms. The largest absolute Gasteiger partial charge is 0.380 e. The van der Waals surface area contributed by atoms with Crippen LogP contribution in [0.5, 0.6) is 0 Å². The number of imidazole rings is 1. The minimum atomic E-state index is -0.213. The molecule has 0 spiro atoms. The van der Waals surface area contributed by atoms with E-state index in [1.54, 1.807) is 0 Å². The first-order valence-corrected chi connectivity index (χ1v) is 8.29. The molecule has 1 saturated heterocycles. The third-order valence-corrected chi connectivity index (χ3v) is 4.55. The molecule has 3 aromatic rings. The minimum absolute atomic E-state index is 0.0786. The number of fused-ring (bicyclic) bond motifs is 1. The van der Waals surface area contributed by atoms with Crippen LogP contribution >= 0.6 is 0 Å². The zero-order valence-corrected chi connectivity index (χ0v) is 13.4. The van der Waals surface area contributed by atoms with Crippen LogP contribution in [0.4, 0.5) is 4.39 Å². The van der Waals surface area contributed by atoms with E-state index >= 15 is 0 Å². The van der Waals surface area contributed by atoms with Crippen molar-refractivity contribution in [3.8, 4) is 0 Å². The summed E-state index contributed by atoms with van der Waals surface area (Å²) in [6, 6.07) is 15.2. The summed E-state index contributed by atoms with van der Waals surface area (Å²) in [6.45, 7) is 2.26. The topological polar surface area (TPSA) is 39.1 Å². The number of ether oxygens (including phenoxy) is 1. The van der Waals surface area contributed by atoms with Crippen LogP contribution in [0.15, 0.2) is 54.9 Å². The maximum Gasteiger partial charge on any atom is 0.123 e. The van der Waals surface area contributed by atoms with Gasteiger partial charge in [0, 0.05) is 19.2 Å². The van der Waals surface area contributed by atoms with E-state index in [4.69, 9.17) is 4.74 Å². The minimum Gasteiger partial charge on any atom is -0.380 e. The fourth-order valence-corrected chi connectivity index (χ4v) is 3.25. The van der Waals surface area contributed by atoms with Crippen molar-refractivity contribution in [3.05, 3.63) is 66.2 Å². The summed E-state index contributed by atoms with van der Waals surface area (Å²) in [5, 5.41) is 3.66. The predicted molar refractivity (Wildman–Crippen MR) is 91.2 cm³/mol. The van der Waals surface area contributed by atoms with Crippen molar-refractivity contribution >= 4 is 11.0 Å². The van der Waals surface area contributed by atoms with Gasteiger partial charge < -0.3 is 14.6 Å². The van der Waals surface area contributed by atoms with Gasteiger partial charge in [-0.1, -0.05) is 24.3 Å². The van der Waals surface area contributed by atoms with Gasteiger partial charge in [-0.2, -0.15) is 0 Å². The highest BCUT2D eigenvalue weighted by molar-refractivity contribution is 5.74. The van der Waals surface area contributed by atoms with Gasteiger partial charge in [0.25, 0.3) is 0 Å². The Morgan fingerprint density at radius 2 is 2.04 bits per heavy atom. The Morgan fingerprint density at radius 1 is 1.21 bits per heavy atom. The quantitative estimate of drug-likeness (QED) is 0.782. The summed E-state index contributed by atoms with van der Waals surface area (Å²) >= 11 is 0. The predicted octanol–water partition coefficient (Wildman–Crippen LogP) is 3.30. The van der Waals surface area contributed by atoms with Crippen LogP contribution in [-0.4, -0.2) is 28.8 Å². The Kier molecular flexibility index (Phi) is 4.28. The first kappa shape index (κ1) is 15.3. The lowest BCUT2D eigenvalue weighted by Gasteiger charge is -2.23. The molecule has 0 bridgehead atoms. The Morgan fingerprint density at radius 3 is 2.83 bits per heavy atom. The first-order chi connectivity index (χ1) is 11.8. The van der Waals surface area contributed by atoms with Crippen LogP contribution in [0.2, 0.25) is 0 Å². The normalized spacial score (nSPS) is 19.0. The number of benzene rings is 2. The third kappa shape index (κ3) is 3.18. The zero-order chi connectivity index (χ0) is 16.4. The van der Waals surface area contributed by atoms with Crippen LogP contribution in [0, 0.1) is 5.82 Å². The van der Waals surface area contributed by atoms with E-state index < -0.39 is 0 Å². The third-order valence-electron chi connectivity index (χ3n) is 4.55. The molecule has 1 aliphatic heterocycles.